The van der Waals surface area contributed by atoms with Crippen LogP contribution in [0.1, 0.15) is 12.0 Å². The molecule has 0 saturated heterocycles. The van der Waals surface area contributed by atoms with Gasteiger partial charge in [0.25, 0.3) is 0 Å². The van der Waals surface area contributed by atoms with Crippen LogP contribution in [0, 0.1) is 0 Å². The molecule has 3 heteroatoms. The van der Waals surface area contributed by atoms with Crippen molar-refractivity contribution in [2.45, 2.75) is 19.1 Å². The van der Waals surface area contributed by atoms with Gasteiger partial charge in [-0.15, -0.1) is 0 Å². The van der Waals surface area contributed by atoms with Crippen LogP contribution in [0.15, 0.2) is 55.1 Å². The Morgan fingerprint density at radius 1 is 1.29 bits per heavy atom. The number of hydrogen-bond acceptors (Lipinski definition) is 2. The monoisotopic (exact) mass is 228 g/mol. The minimum atomic E-state index is -0.419. The van der Waals surface area contributed by atoms with Crippen molar-refractivity contribution in [1.82, 2.24) is 9.55 Å². The van der Waals surface area contributed by atoms with Crippen molar-refractivity contribution in [3.63, 3.8) is 0 Å². The lowest BCUT2D eigenvalue weighted by Crippen LogP contribution is -2.07. The van der Waals surface area contributed by atoms with E-state index in [2.05, 4.69) is 4.98 Å². The van der Waals surface area contributed by atoms with Crippen molar-refractivity contribution in [2.24, 2.45) is 0 Å². The highest BCUT2D eigenvalue weighted by Gasteiger charge is 1.99. The molecule has 0 spiro atoms. The summed E-state index contributed by atoms with van der Waals surface area (Å²) in [6.45, 7) is 0.778. The van der Waals surface area contributed by atoms with Crippen LogP contribution in [0.3, 0.4) is 0 Å². The zero-order chi connectivity index (χ0) is 11.9. The van der Waals surface area contributed by atoms with Gasteiger partial charge in [-0.25, -0.2) is 4.98 Å². The first-order valence-corrected chi connectivity index (χ1v) is 5.71. The quantitative estimate of drug-likeness (QED) is 0.853. The number of benzene rings is 1. The molecule has 0 aliphatic carbocycles. The highest BCUT2D eigenvalue weighted by Crippen LogP contribution is 2.04. The number of rotatable bonds is 5. The molecule has 2 rings (SSSR count). The third-order valence-electron chi connectivity index (χ3n) is 2.55. The second-order valence-electron chi connectivity index (χ2n) is 3.93. The van der Waals surface area contributed by atoms with E-state index in [1.54, 1.807) is 12.5 Å². The highest BCUT2D eigenvalue weighted by atomic mass is 16.3. The van der Waals surface area contributed by atoms with E-state index in [-0.39, 0.29) is 0 Å². The fourth-order valence-electron chi connectivity index (χ4n) is 1.58. The Bertz CT molecular complexity index is 448. The van der Waals surface area contributed by atoms with Gasteiger partial charge in [-0.1, -0.05) is 42.5 Å². The molecule has 1 N–H and O–H groups in total. The lowest BCUT2D eigenvalue weighted by Gasteiger charge is -2.05. The molecule has 1 atom stereocenters. The number of aliphatic hydroxyl groups excluding tert-OH is 1. The van der Waals surface area contributed by atoms with E-state index in [9.17, 15) is 5.11 Å². The average Bonchev–Trinajstić information content (AvgIpc) is 2.88. The molecule has 1 aromatic carbocycles. The van der Waals surface area contributed by atoms with Crippen molar-refractivity contribution in [3.8, 4) is 0 Å². The van der Waals surface area contributed by atoms with Gasteiger partial charge in [0.15, 0.2) is 0 Å². The first kappa shape index (κ1) is 11.6. The summed E-state index contributed by atoms with van der Waals surface area (Å²) in [4.78, 5) is 3.96. The molecular weight excluding hydrogens is 212 g/mol. The van der Waals surface area contributed by atoms with Crippen LogP contribution in [-0.2, 0) is 6.54 Å². The minimum Gasteiger partial charge on any atom is -0.389 e. The Morgan fingerprint density at radius 3 is 2.82 bits per heavy atom. The van der Waals surface area contributed by atoms with E-state index in [0.717, 1.165) is 12.1 Å². The Labute approximate surface area is 101 Å². The number of aliphatic hydroxyl groups is 1. The van der Waals surface area contributed by atoms with Gasteiger partial charge in [-0.2, -0.15) is 0 Å². The first-order chi connectivity index (χ1) is 8.34. The molecule has 0 bridgehead atoms. The minimum absolute atomic E-state index is 0.419. The van der Waals surface area contributed by atoms with Crippen molar-refractivity contribution < 1.29 is 5.11 Å². The molecule has 2 aromatic rings. The molecule has 0 amide bonds. The third-order valence-corrected chi connectivity index (χ3v) is 2.55. The van der Waals surface area contributed by atoms with Gasteiger partial charge < -0.3 is 9.67 Å². The van der Waals surface area contributed by atoms with Crippen molar-refractivity contribution in [3.05, 3.63) is 60.7 Å². The molecule has 1 aromatic heterocycles. The predicted octanol–water partition coefficient (Wildman–Crippen LogP) is 2.35. The van der Waals surface area contributed by atoms with Gasteiger partial charge in [0, 0.05) is 18.9 Å². The second-order valence-corrected chi connectivity index (χ2v) is 3.93. The van der Waals surface area contributed by atoms with E-state index in [0.29, 0.717) is 6.42 Å². The van der Waals surface area contributed by atoms with Gasteiger partial charge in [0.2, 0.25) is 0 Å². The SMILES string of the molecule is OC(C=Cc1ccccc1)CCn1ccnc1. The van der Waals surface area contributed by atoms with Crippen LogP contribution in [0.4, 0.5) is 0 Å². The average molecular weight is 228 g/mol. The number of imidazole rings is 1. The van der Waals surface area contributed by atoms with Gasteiger partial charge in [0.1, 0.15) is 0 Å². The summed E-state index contributed by atoms with van der Waals surface area (Å²) in [5.41, 5.74) is 1.11. The summed E-state index contributed by atoms with van der Waals surface area (Å²) in [5, 5.41) is 9.79. The summed E-state index contributed by atoms with van der Waals surface area (Å²) < 4.78 is 1.96. The van der Waals surface area contributed by atoms with Crippen LogP contribution >= 0.6 is 0 Å². The molecule has 1 unspecified atom stereocenters. The summed E-state index contributed by atoms with van der Waals surface area (Å²) in [6, 6.07) is 9.97. The fourth-order valence-corrected chi connectivity index (χ4v) is 1.58. The van der Waals surface area contributed by atoms with E-state index in [4.69, 9.17) is 0 Å². The summed E-state index contributed by atoms with van der Waals surface area (Å²) in [6.07, 6.45) is 9.44. The second kappa shape index (κ2) is 6.01. The fraction of sp³-hybridized carbons (Fsp3) is 0.214. The van der Waals surface area contributed by atoms with Crippen molar-refractivity contribution >= 4 is 6.08 Å². The highest BCUT2D eigenvalue weighted by molar-refractivity contribution is 5.49. The molecule has 88 valence electrons. The normalized spacial score (nSPS) is 13.0. The molecule has 3 nitrogen and oxygen atoms in total. The summed E-state index contributed by atoms with van der Waals surface area (Å²) in [5.74, 6) is 0. The number of aryl methyl sites for hydroxylation is 1. The lowest BCUT2D eigenvalue weighted by atomic mass is 10.1. The summed E-state index contributed by atoms with van der Waals surface area (Å²) in [7, 11) is 0. The predicted molar refractivity (Wildman–Crippen MR) is 68.3 cm³/mol. The number of aromatic nitrogens is 2. The molecule has 0 radical (unpaired) electrons. The largest absolute Gasteiger partial charge is 0.389 e. The Balaban J connectivity index is 1.81. The zero-order valence-corrected chi connectivity index (χ0v) is 9.61. The molecular formula is C14H16N2O. The van der Waals surface area contributed by atoms with Crippen LogP contribution in [0.25, 0.3) is 6.08 Å². The lowest BCUT2D eigenvalue weighted by molar-refractivity contribution is 0.206. The number of hydrogen-bond donors (Lipinski definition) is 1. The van der Waals surface area contributed by atoms with Gasteiger partial charge >= 0.3 is 0 Å². The molecule has 17 heavy (non-hydrogen) atoms. The Kier molecular flexibility index (Phi) is 4.11. The Morgan fingerprint density at radius 2 is 2.12 bits per heavy atom. The standard InChI is InChI=1S/C14H16N2O/c17-14(8-10-16-11-9-15-12-16)7-6-13-4-2-1-3-5-13/h1-7,9,11-12,14,17H,8,10H2. The molecule has 0 fully saturated rings. The third kappa shape index (κ3) is 3.89. The topological polar surface area (TPSA) is 38.0 Å². The van der Waals surface area contributed by atoms with Crippen LogP contribution < -0.4 is 0 Å². The maximum Gasteiger partial charge on any atom is 0.0945 e. The molecule has 0 saturated carbocycles. The van der Waals surface area contributed by atoms with Crippen LogP contribution in [0.2, 0.25) is 0 Å². The van der Waals surface area contributed by atoms with Crippen LogP contribution in [-0.4, -0.2) is 20.8 Å². The maximum atomic E-state index is 9.79. The van der Waals surface area contributed by atoms with Crippen molar-refractivity contribution in [1.29, 1.82) is 0 Å². The van der Waals surface area contributed by atoms with E-state index in [1.807, 2.05) is 53.2 Å². The molecule has 1 heterocycles. The van der Waals surface area contributed by atoms with Crippen molar-refractivity contribution in [2.75, 3.05) is 0 Å². The van der Waals surface area contributed by atoms with Crippen LogP contribution in [0.5, 0.6) is 0 Å². The maximum absolute atomic E-state index is 9.79. The van der Waals surface area contributed by atoms with Gasteiger partial charge in [-0.05, 0) is 12.0 Å². The number of nitrogens with zero attached hydrogens (tertiary/aromatic N) is 2. The Hall–Kier alpha value is -1.87. The molecule has 0 aliphatic heterocycles. The first-order valence-electron chi connectivity index (χ1n) is 5.71. The zero-order valence-electron chi connectivity index (χ0n) is 9.61. The van der Waals surface area contributed by atoms with E-state index >= 15 is 0 Å². The van der Waals surface area contributed by atoms with E-state index < -0.39 is 6.10 Å². The van der Waals surface area contributed by atoms with Gasteiger partial charge in [-0.3, -0.25) is 0 Å². The van der Waals surface area contributed by atoms with Gasteiger partial charge in [0.05, 0.1) is 12.4 Å². The smallest absolute Gasteiger partial charge is 0.0945 e. The molecule has 0 aliphatic rings. The van der Waals surface area contributed by atoms with E-state index in [1.165, 1.54) is 0 Å². The summed E-state index contributed by atoms with van der Waals surface area (Å²) >= 11 is 0.